The van der Waals surface area contributed by atoms with Gasteiger partial charge in [0.05, 0.1) is 0 Å². The Labute approximate surface area is 150 Å². The van der Waals surface area contributed by atoms with Crippen molar-refractivity contribution >= 4 is 5.91 Å². The molecule has 0 aliphatic heterocycles. The quantitative estimate of drug-likeness (QED) is 0.737. The van der Waals surface area contributed by atoms with Crippen LogP contribution in [0.15, 0.2) is 82.5 Å². The van der Waals surface area contributed by atoms with E-state index in [-0.39, 0.29) is 12.5 Å². The zero-order valence-corrected chi connectivity index (χ0v) is 14.2. The molecule has 3 aromatic rings. The summed E-state index contributed by atoms with van der Waals surface area (Å²) in [6.07, 6.45) is 1.34. The lowest BCUT2D eigenvalue weighted by molar-refractivity contribution is -0.133. The van der Waals surface area contributed by atoms with Gasteiger partial charge in [-0.1, -0.05) is 60.7 Å². The van der Waals surface area contributed by atoms with Crippen LogP contribution in [0.1, 0.15) is 11.1 Å². The van der Waals surface area contributed by atoms with E-state index in [0.29, 0.717) is 13.1 Å². The fraction of sp³-hybridized carbons (Fsp3) is 0.150. The highest BCUT2D eigenvalue weighted by molar-refractivity contribution is 5.76. The molecule has 0 aliphatic rings. The molecule has 1 amide bonds. The van der Waals surface area contributed by atoms with Crippen LogP contribution >= 0.6 is 0 Å². The van der Waals surface area contributed by atoms with Gasteiger partial charge in [-0.2, -0.15) is 0 Å². The monoisotopic (exact) mass is 349 g/mol. The summed E-state index contributed by atoms with van der Waals surface area (Å²) in [6.45, 7) is 0.745. The average Bonchev–Trinajstić information content (AvgIpc) is 2.65. The van der Waals surface area contributed by atoms with E-state index in [1.165, 1.54) is 16.8 Å². The number of rotatable bonds is 6. The average molecular weight is 349 g/mol. The fourth-order valence-corrected chi connectivity index (χ4v) is 2.65. The van der Waals surface area contributed by atoms with Crippen molar-refractivity contribution in [2.75, 3.05) is 0 Å². The maximum atomic E-state index is 12.8. The second-order valence-corrected chi connectivity index (χ2v) is 5.96. The molecule has 0 unspecified atom stereocenters. The van der Waals surface area contributed by atoms with E-state index in [0.717, 1.165) is 11.1 Å². The van der Waals surface area contributed by atoms with Crippen LogP contribution in [0.4, 0.5) is 0 Å². The Morgan fingerprint density at radius 3 is 1.88 bits per heavy atom. The van der Waals surface area contributed by atoms with Crippen LogP contribution in [0, 0.1) is 0 Å². The summed E-state index contributed by atoms with van der Waals surface area (Å²) in [5.41, 5.74) is 0.936. The Hall–Kier alpha value is -3.41. The molecule has 1 heterocycles. The highest BCUT2D eigenvalue weighted by Gasteiger charge is 2.16. The van der Waals surface area contributed by atoms with E-state index >= 15 is 0 Å². The molecular formula is C20H19N3O3. The molecule has 0 atom stereocenters. The minimum atomic E-state index is -0.592. The van der Waals surface area contributed by atoms with Crippen LogP contribution in [0.3, 0.4) is 0 Å². The molecule has 6 nitrogen and oxygen atoms in total. The van der Waals surface area contributed by atoms with E-state index in [1.807, 2.05) is 60.7 Å². The number of aromatic nitrogens is 2. The number of hydrogen-bond acceptors (Lipinski definition) is 3. The topological polar surface area (TPSA) is 75.2 Å². The molecule has 132 valence electrons. The molecule has 0 saturated heterocycles. The molecule has 2 aromatic carbocycles. The lowest BCUT2D eigenvalue weighted by Gasteiger charge is -2.23. The van der Waals surface area contributed by atoms with Gasteiger partial charge in [-0.15, -0.1) is 0 Å². The van der Waals surface area contributed by atoms with Crippen molar-refractivity contribution in [3.8, 4) is 0 Å². The molecule has 6 heteroatoms. The number of aromatic amines is 1. The first-order valence-electron chi connectivity index (χ1n) is 8.27. The van der Waals surface area contributed by atoms with E-state index in [2.05, 4.69) is 4.98 Å². The summed E-state index contributed by atoms with van der Waals surface area (Å²) in [5.74, 6) is -0.202. The fourth-order valence-electron chi connectivity index (χ4n) is 2.65. The second-order valence-electron chi connectivity index (χ2n) is 5.96. The summed E-state index contributed by atoms with van der Waals surface area (Å²) in [5, 5.41) is 0. The van der Waals surface area contributed by atoms with Crippen LogP contribution < -0.4 is 11.2 Å². The predicted octanol–water partition coefficient (Wildman–Crippen LogP) is 1.77. The van der Waals surface area contributed by atoms with E-state index < -0.39 is 11.2 Å². The third-order valence-electron chi connectivity index (χ3n) is 3.99. The van der Waals surface area contributed by atoms with Gasteiger partial charge in [-0.05, 0) is 11.1 Å². The second kappa shape index (κ2) is 8.11. The van der Waals surface area contributed by atoms with Crippen molar-refractivity contribution in [3.63, 3.8) is 0 Å². The van der Waals surface area contributed by atoms with Crippen LogP contribution in [-0.2, 0) is 24.4 Å². The third-order valence-corrected chi connectivity index (χ3v) is 3.99. The standard InChI is InChI=1S/C20H19N3O3/c24-18-11-12-22(20(26)21-18)15-19(25)23(13-16-7-3-1-4-8-16)14-17-9-5-2-6-10-17/h1-12H,13-15H2,(H,21,24,26). The van der Waals surface area contributed by atoms with E-state index in [4.69, 9.17) is 0 Å². The third kappa shape index (κ3) is 4.57. The summed E-state index contributed by atoms with van der Waals surface area (Å²) in [4.78, 5) is 39.7. The maximum Gasteiger partial charge on any atom is 0.328 e. The highest BCUT2D eigenvalue weighted by atomic mass is 16.2. The first kappa shape index (κ1) is 17.4. The molecule has 0 fully saturated rings. The predicted molar refractivity (Wildman–Crippen MR) is 98.5 cm³/mol. The van der Waals surface area contributed by atoms with Gasteiger partial charge in [0.1, 0.15) is 6.54 Å². The summed E-state index contributed by atoms with van der Waals surface area (Å²) in [7, 11) is 0. The Bertz CT molecular complexity index is 937. The van der Waals surface area contributed by atoms with Crippen molar-refractivity contribution in [2.24, 2.45) is 0 Å². The van der Waals surface area contributed by atoms with Crippen molar-refractivity contribution in [2.45, 2.75) is 19.6 Å². The number of nitrogens with one attached hydrogen (secondary N) is 1. The molecule has 3 rings (SSSR count). The van der Waals surface area contributed by atoms with Gasteiger partial charge in [0, 0.05) is 25.4 Å². The number of nitrogens with zero attached hydrogens (tertiary/aromatic N) is 2. The van der Waals surface area contributed by atoms with Crippen LogP contribution in [0.2, 0.25) is 0 Å². The number of carbonyl (C=O) groups excluding carboxylic acids is 1. The number of H-pyrrole nitrogens is 1. The van der Waals surface area contributed by atoms with Gasteiger partial charge in [-0.3, -0.25) is 19.1 Å². The first-order chi connectivity index (χ1) is 12.6. The Morgan fingerprint density at radius 2 is 1.38 bits per heavy atom. The molecule has 1 aromatic heterocycles. The van der Waals surface area contributed by atoms with Gasteiger partial charge in [0.15, 0.2) is 0 Å². The van der Waals surface area contributed by atoms with Crippen molar-refractivity contribution in [1.82, 2.24) is 14.5 Å². The van der Waals surface area contributed by atoms with Crippen molar-refractivity contribution in [1.29, 1.82) is 0 Å². The summed E-state index contributed by atoms with van der Waals surface area (Å²) in [6, 6.07) is 20.6. The highest BCUT2D eigenvalue weighted by Crippen LogP contribution is 2.11. The molecule has 0 bridgehead atoms. The number of carbonyl (C=O) groups is 1. The lowest BCUT2D eigenvalue weighted by atomic mass is 10.1. The molecule has 0 radical (unpaired) electrons. The minimum Gasteiger partial charge on any atom is -0.332 e. The molecule has 0 aliphatic carbocycles. The zero-order chi connectivity index (χ0) is 18.4. The number of benzene rings is 2. The molecule has 0 spiro atoms. The van der Waals surface area contributed by atoms with Crippen LogP contribution in [0.25, 0.3) is 0 Å². The van der Waals surface area contributed by atoms with Crippen molar-refractivity contribution in [3.05, 3.63) is 105 Å². The normalized spacial score (nSPS) is 10.5. The van der Waals surface area contributed by atoms with Crippen LogP contribution in [0.5, 0.6) is 0 Å². The summed E-state index contributed by atoms with van der Waals surface area (Å²) < 4.78 is 1.20. The van der Waals surface area contributed by atoms with Gasteiger partial charge in [0.2, 0.25) is 5.91 Å². The Morgan fingerprint density at radius 1 is 0.846 bits per heavy atom. The van der Waals surface area contributed by atoms with Crippen LogP contribution in [-0.4, -0.2) is 20.4 Å². The summed E-state index contributed by atoms with van der Waals surface area (Å²) >= 11 is 0. The molecule has 26 heavy (non-hydrogen) atoms. The van der Waals surface area contributed by atoms with Gasteiger partial charge >= 0.3 is 5.69 Å². The zero-order valence-electron chi connectivity index (χ0n) is 14.2. The smallest absolute Gasteiger partial charge is 0.328 e. The maximum absolute atomic E-state index is 12.8. The van der Waals surface area contributed by atoms with Gasteiger partial charge in [0.25, 0.3) is 5.56 Å². The van der Waals surface area contributed by atoms with E-state index in [1.54, 1.807) is 4.90 Å². The molecule has 1 N–H and O–H groups in total. The number of amides is 1. The SMILES string of the molecule is O=C(Cn1ccc(=O)[nH]c1=O)N(Cc1ccccc1)Cc1ccccc1. The molecule has 0 saturated carbocycles. The Balaban J connectivity index is 1.82. The Kier molecular flexibility index (Phi) is 5.43. The van der Waals surface area contributed by atoms with Gasteiger partial charge < -0.3 is 4.90 Å². The minimum absolute atomic E-state index is 0.130. The molecular weight excluding hydrogens is 330 g/mol. The van der Waals surface area contributed by atoms with Gasteiger partial charge in [-0.25, -0.2) is 4.79 Å². The number of hydrogen-bond donors (Lipinski definition) is 1. The first-order valence-corrected chi connectivity index (χ1v) is 8.27. The van der Waals surface area contributed by atoms with Crippen molar-refractivity contribution < 1.29 is 4.79 Å². The lowest BCUT2D eigenvalue weighted by Crippen LogP contribution is -2.37. The largest absolute Gasteiger partial charge is 0.332 e. The van der Waals surface area contributed by atoms with E-state index in [9.17, 15) is 14.4 Å².